The fourth-order valence-corrected chi connectivity index (χ4v) is 4.31. The molecule has 0 aromatic rings. The number of hydrogen-bond acceptors (Lipinski definition) is 1. The quantitative estimate of drug-likeness (QED) is 0.781. The Bertz CT molecular complexity index is 218. The second-order valence-corrected chi connectivity index (χ2v) is 6.77. The Morgan fingerprint density at radius 3 is 2.29 bits per heavy atom. The number of nitrogens with two attached hydrogens (primary N) is 1. The van der Waals surface area contributed by atoms with Crippen molar-refractivity contribution in [2.45, 2.75) is 65.2 Å². The minimum atomic E-state index is 0.844. The molecule has 2 fully saturated rings. The van der Waals surface area contributed by atoms with Crippen LogP contribution in [0.1, 0.15) is 65.2 Å². The first kappa shape index (κ1) is 13.4. The summed E-state index contributed by atoms with van der Waals surface area (Å²) in [4.78, 5) is 0. The normalized spacial score (nSPS) is 43.6. The van der Waals surface area contributed by atoms with E-state index in [1.165, 1.54) is 51.4 Å². The average Bonchev–Trinajstić information content (AvgIpc) is 2.39. The van der Waals surface area contributed by atoms with E-state index in [9.17, 15) is 0 Å². The van der Waals surface area contributed by atoms with Gasteiger partial charge in [-0.25, -0.2) is 0 Å². The van der Waals surface area contributed by atoms with Crippen molar-refractivity contribution >= 4 is 0 Å². The van der Waals surface area contributed by atoms with E-state index in [2.05, 4.69) is 13.8 Å². The summed E-state index contributed by atoms with van der Waals surface area (Å²) in [5.74, 6) is 4.80. The molecular formula is C16H31N. The maximum absolute atomic E-state index is 6.01. The van der Waals surface area contributed by atoms with Crippen molar-refractivity contribution in [3.8, 4) is 0 Å². The highest BCUT2D eigenvalue weighted by Crippen LogP contribution is 2.44. The van der Waals surface area contributed by atoms with E-state index in [0.29, 0.717) is 0 Å². The molecule has 1 heteroatoms. The molecule has 0 spiro atoms. The maximum Gasteiger partial charge on any atom is -0.00461 e. The van der Waals surface area contributed by atoms with Crippen molar-refractivity contribution < 1.29 is 0 Å². The van der Waals surface area contributed by atoms with Gasteiger partial charge in [0.25, 0.3) is 0 Å². The van der Waals surface area contributed by atoms with Crippen LogP contribution in [0.2, 0.25) is 0 Å². The lowest BCUT2D eigenvalue weighted by atomic mass is 9.64. The second-order valence-electron chi connectivity index (χ2n) is 6.77. The van der Waals surface area contributed by atoms with Gasteiger partial charge in [-0.2, -0.15) is 0 Å². The molecular weight excluding hydrogens is 206 g/mol. The van der Waals surface area contributed by atoms with Crippen LogP contribution in [0.5, 0.6) is 0 Å². The van der Waals surface area contributed by atoms with Gasteiger partial charge in [0.1, 0.15) is 0 Å². The van der Waals surface area contributed by atoms with E-state index in [-0.39, 0.29) is 0 Å². The van der Waals surface area contributed by atoms with Gasteiger partial charge in [-0.3, -0.25) is 0 Å². The Balaban J connectivity index is 1.94. The Morgan fingerprint density at radius 1 is 1.00 bits per heavy atom. The van der Waals surface area contributed by atoms with Crippen molar-refractivity contribution in [1.82, 2.24) is 0 Å². The first-order valence-corrected chi connectivity index (χ1v) is 7.94. The molecule has 2 aliphatic rings. The van der Waals surface area contributed by atoms with Crippen molar-refractivity contribution in [1.29, 1.82) is 0 Å². The number of rotatable bonds is 3. The Hall–Kier alpha value is -0.0400. The highest BCUT2D eigenvalue weighted by atomic mass is 14.6. The van der Waals surface area contributed by atoms with Gasteiger partial charge >= 0.3 is 0 Å². The standard InChI is InChI=1S/C16H31N/c1-3-13-6-9-15(11-17)16(10-13)14-7-4-12(2)5-8-14/h12-16H,3-11,17H2,1-2H3. The van der Waals surface area contributed by atoms with Crippen molar-refractivity contribution in [3.63, 3.8) is 0 Å². The van der Waals surface area contributed by atoms with Crippen molar-refractivity contribution in [3.05, 3.63) is 0 Å². The van der Waals surface area contributed by atoms with Gasteiger partial charge in [0.2, 0.25) is 0 Å². The van der Waals surface area contributed by atoms with E-state index >= 15 is 0 Å². The first-order valence-electron chi connectivity index (χ1n) is 7.94. The molecule has 3 unspecified atom stereocenters. The molecule has 0 bridgehead atoms. The van der Waals surface area contributed by atoms with Gasteiger partial charge in [0.15, 0.2) is 0 Å². The lowest BCUT2D eigenvalue weighted by Crippen LogP contribution is -2.36. The molecule has 17 heavy (non-hydrogen) atoms. The molecule has 2 aliphatic carbocycles. The van der Waals surface area contributed by atoms with Gasteiger partial charge in [-0.1, -0.05) is 39.5 Å². The van der Waals surface area contributed by atoms with Gasteiger partial charge in [0, 0.05) is 0 Å². The predicted octanol–water partition coefficient (Wildman–Crippen LogP) is 4.21. The minimum absolute atomic E-state index is 0.844. The highest BCUT2D eigenvalue weighted by molar-refractivity contribution is 4.86. The smallest absolute Gasteiger partial charge is 0.00461 e. The van der Waals surface area contributed by atoms with E-state index in [1.54, 1.807) is 0 Å². The molecule has 100 valence electrons. The summed E-state index contributed by atoms with van der Waals surface area (Å²) in [7, 11) is 0. The second kappa shape index (κ2) is 6.22. The average molecular weight is 237 g/mol. The van der Waals surface area contributed by atoms with Crippen LogP contribution >= 0.6 is 0 Å². The monoisotopic (exact) mass is 237 g/mol. The van der Waals surface area contributed by atoms with Crippen LogP contribution in [0.25, 0.3) is 0 Å². The predicted molar refractivity (Wildman–Crippen MR) is 74.8 cm³/mol. The lowest BCUT2D eigenvalue weighted by Gasteiger charge is -2.42. The van der Waals surface area contributed by atoms with E-state index in [4.69, 9.17) is 5.73 Å². The molecule has 2 N–H and O–H groups in total. The largest absolute Gasteiger partial charge is 0.330 e. The van der Waals surface area contributed by atoms with Crippen LogP contribution < -0.4 is 5.73 Å². The maximum atomic E-state index is 6.01. The van der Waals surface area contributed by atoms with E-state index in [0.717, 1.165) is 36.1 Å². The zero-order chi connectivity index (χ0) is 12.3. The molecule has 1 nitrogen and oxygen atoms in total. The third-order valence-electron chi connectivity index (χ3n) is 5.70. The van der Waals surface area contributed by atoms with Gasteiger partial charge < -0.3 is 5.73 Å². The topological polar surface area (TPSA) is 26.0 Å². The molecule has 0 saturated heterocycles. The van der Waals surface area contributed by atoms with Gasteiger partial charge in [-0.05, 0) is 61.8 Å². The SMILES string of the molecule is CCC1CCC(CN)C(C2CCC(C)CC2)C1. The molecule has 2 saturated carbocycles. The van der Waals surface area contributed by atoms with Gasteiger partial charge in [-0.15, -0.1) is 0 Å². The fourth-order valence-electron chi connectivity index (χ4n) is 4.31. The Kier molecular flexibility index (Phi) is 4.90. The minimum Gasteiger partial charge on any atom is -0.330 e. The third kappa shape index (κ3) is 3.24. The lowest BCUT2D eigenvalue weighted by molar-refractivity contribution is 0.0893. The summed E-state index contributed by atoms with van der Waals surface area (Å²) in [6.07, 6.45) is 11.6. The van der Waals surface area contributed by atoms with Crippen LogP contribution in [-0.4, -0.2) is 6.54 Å². The molecule has 0 radical (unpaired) electrons. The number of hydrogen-bond donors (Lipinski definition) is 1. The molecule has 0 aliphatic heterocycles. The van der Waals surface area contributed by atoms with Crippen LogP contribution in [0.4, 0.5) is 0 Å². The van der Waals surface area contributed by atoms with E-state index in [1.807, 2.05) is 0 Å². The van der Waals surface area contributed by atoms with Crippen molar-refractivity contribution in [2.24, 2.45) is 35.3 Å². The summed E-state index contributed by atoms with van der Waals surface area (Å²) >= 11 is 0. The van der Waals surface area contributed by atoms with E-state index < -0.39 is 0 Å². The summed E-state index contributed by atoms with van der Waals surface area (Å²) in [5, 5.41) is 0. The summed E-state index contributed by atoms with van der Waals surface area (Å²) in [5.41, 5.74) is 6.01. The Morgan fingerprint density at radius 2 is 1.71 bits per heavy atom. The molecule has 0 aromatic carbocycles. The van der Waals surface area contributed by atoms with Crippen LogP contribution in [0.3, 0.4) is 0 Å². The highest BCUT2D eigenvalue weighted by Gasteiger charge is 2.35. The molecule has 0 aromatic heterocycles. The van der Waals surface area contributed by atoms with Crippen LogP contribution in [0, 0.1) is 29.6 Å². The fraction of sp³-hybridized carbons (Fsp3) is 1.00. The molecule has 0 heterocycles. The van der Waals surface area contributed by atoms with Crippen molar-refractivity contribution in [2.75, 3.05) is 6.54 Å². The van der Waals surface area contributed by atoms with Gasteiger partial charge in [0.05, 0.1) is 0 Å². The first-order chi connectivity index (χ1) is 8.24. The summed E-state index contributed by atoms with van der Waals surface area (Å²) in [6, 6.07) is 0. The van der Waals surface area contributed by atoms with Crippen LogP contribution in [-0.2, 0) is 0 Å². The summed E-state index contributed by atoms with van der Waals surface area (Å²) in [6.45, 7) is 5.73. The Labute approximate surface area is 108 Å². The molecule has 3 atom stereocenters. The van der Waals surface area contributed by atoms with Crippen LogP contribution in [0.15, 0.2) is 0 Å². The molecule has 0 amide bonds. The zero-order valence-corrected chi connectivity index (χ0v) is 11.8. The molecule has 2 rings (SSSR count). The zero-order valence-electron chi connectivity index (χ0n) is 11.8. The third-order valence-corrected chi connectivity index (χ3v) is 5.70. The summed E-state index contributed by atoms with van der Waals surface area (Å²) < 4.78 is 0.